The molecule has 0 aromatic carbocycles. The van der Waals surface area contributed by atoms with Gasteiger partial charge in [-0.25, -0.2) is 9.97 Å². The maximum atomic E-state index is 9.20. The molecule has 4 heterocycles. The fourth-order valence-electron chi connectivity index (χ4n) is 2.54. The average molecular weight is 264 g/mol. The molecule has 0 spiro atoms. The molecule has 0 amide bonds. The quantitative estimate of drug-likeness (QED) is 0.746. The Balaban J connectivity index is 1.76. The first-order valence-electron chi connectivity index (χ1n) is 5.97. The fraction of sp³-hybridized carbons (Fsp3) is 0.545. The largest absolute Gasteiger partial charge is 0.479 e. The SMILES string of the molecule is COc1ncnc2c1ncn2[C@@H]1O[C@H](CO)[C@@H]2O[C@@H]21. The molecule has 4 rings (SSSR count). The van der Waals surface area contributed by atoms with E-state index in [1.807, 2.05) is 0 Å². The number of rotatable bonds is 3. The Labute approximate surface area is 108 Å². The van der Waals surface area contributed by atoms with E-state index in [2.05, 4.69) is 15.0 Å². The Bertz CT molecular complexity index is 630. The highest BCUT2D eigenvalue weighted by Crippen LogP contribution is 2.45. The van der Waals surface area contributed by atoms with Crippen molar-refractivity contribution in [3.05, 3.63) is 12.7 Å². The summed E-state index contributed by atoms with van der Waals surface area (Å²) in [5.74, 6) is 0.425. The van der Waals surface area contributed by atoms with Gasteiger partial charge in [0.05, 0.1) is 20.0 Å². The summed E-state index contributed by atoms with van der Waals surface area (Å²) in [7, 11) is 1.54. The molecule has 1 N–H and O–H groups in total. The average Bonchev–Trinajstić information content (AvgIpc) is 2.97. The van der Waals surface area contributed by atoms with Gasteiger partial charge < -0.3 is 19.3 Å². The van der Waals surface area contributed by atoms with E-state index in [4.69, 9.17) is 14.2 Å². The van der Waals surface area contributed by atoms with Crippen LogP contribution in [-0.2, 0) is 9.47 Å². The number of aromatic nitrogens is 4. The van der Waals surface area contributed by atoms with E-state index < -0.39 is 0 Å². The highest BCUT2D eigenvalue weighted by Gasteiger charge is 2.58. The summed E-state index contributed by atoms with van der Waals surface area (Å²) in [6.07, 6.45) is 2.38. The summed E-state index contributed by atoms with van der Waals surface area (Å²) >= 11 is 0. The third kappa shape index (κ3) is 1.47. The molecule has 2 saturated heterocycles. The molecule has 2 aromatic rings. The van der Waals surface area contributed by atoms with Crippen molar-refractivity contribution in [2.75, 3.05) is 13.7 Å². The van der Waals surface area contributed by atoms with Gasteiger partial charge in [-0.05, 0) is 0 Å². The summed E-state index contributed by atoms with van der Waals surface area (Å²) < 4.78 is 18.2. The van der Waals surface area contributed by atoms with Gasteiger partial charge >= 0.3 is 0 Å². The number of imidazole rings is 1. The minimum Gasteiger partial charge on any atom is -0.479 e. The number of methoxy groups -OCH3 is 1. The van der Waals surface area contributed by atoms with Crippen molar-refractivity contribution in [2.45, 2.75) is 24.5 Å². The lowest BCUT2D eigenvalue weighted by molar-refractivity contribution is -0.0823. The Morgan fingerprint density at radius 1 is 1.32 bits per heavy atom. The molecule has 4 atom stereocenters. The Morgan fingerprint density at radius 2 is 2.21 bits per heavy atom. The van der Waals surface area contributed by atoms with Crippen LogP contribution in [0.2, 0.25) is 0 Å². The molecule has 0 saturated carbocycles. The number of aliphatic hydroxyl groups excluding tert-OH is 1. The van der Waals surface area contributed by atoms with Crippen LogP contribution in [0.25, 0.3) is 11.2 Å². The van der Waals surface area contributed by atoms with Gasteiger partial charge in [0.1, 0.15) is 24.6 Å². The van der Waals surface area contributed by atoms with Crippen LogP contribution in [0.1, 0.15) is 6.23 Å². The Morgan fingerprint density at radius 3 is 2.95 bits per heavy atom. The third-order valence-corrected chi connectivity index (χ3v) is 3.50. The molecule has 2 aromatic heterocycles. The van der Waals surface area contributed by atoms with Crippen molar-refractivity contribution in [1.29, 1.82) is 0 Å². The van der Waals surface area contributed by atoms with E-state index in [1.54, 1.807) is 10.9 Å². The number of epoxide rings is 1. The molecule has 0 unspecified atom stereocenters. The molecular formula is C11H12N4O4. The predicted molar refractivity (Wildman–Crippen MR) is 61.5 cm³/mol. The molecule has 0 aliphatic carbocycles. The maximum absolute atomic E-state index is 9.20. The molecule has 100 valence electrons. The number of hydrogen-bond donors (Lipinski definition) is 1. The smallest absolute Gasteiger partial charge is 0.245 e. The number of nitrogens with zero attached hydrogens (tertiary/aromatic N) is 4. The summed E-state index contributed by atoms with van der Waals surface area (Å²) in [4.78, 5) is 12.5. The van der Waals surface area contributed by atoms with Crippen molar-refractivity contribution in [3.63, 3.8) is 0 Å². The van der Waals surface area contributed by atoms with Crippen molar-refractivity contribution in [2.24, 2.45) is 0 Å². The normalized spacial score (nSPS) is 32.5. The van der Waals surface area contributed by atoms with Gasteiger partial charge in [-0.1, -0.05) is 0 Å². The first-order valence-corrected chi connectivity index (χ1v) is 5.97. The highest BCUT2D eigenvalue weighted by atomic mass is 16.7. The molecule has 2 aliphatic heterocycles. The molecule has 8 nitrogen and oxygen atoms in total. The van der Waals surface area contributed by atoms with Crippen molar-refractivity contribution < 1.29 is 19.3 Å². The van der Waals surface area contributed by atoms with Gasteiger partial charge in [0.25, 0.3) is 0 Å². The highest BCUT2D eigenvalue weighted by molar-refractivity contribution is 5.76. The standard InChI is InChI=1S/C11H12N4O4/c1-17-10-6-9(12-3-13-10)15(4-14-6)11-8-7(19-8)5(2-16)18-11/h3-5,7-8,11,16H,2H2,1H3/t5-,7+,8+,11-/m1/s1. The van der Waals surface area contributed by atoms with Gasteiger partial charge in [-0.2, -0.15) is 4.98 Å². The second kappa shape index (κ2) is 3.86. The zero-order chi connectivity index (χ0) is 13.0. The number of fused-ring (bicyclic) bond motifs is 2. The van der Waals surface area contributed by atoms with Crippen molar-refractivity contribution >= 4 is 11.2 Å². The Hall–Kier alpha value is -1.77. The van der Waals surface area contributed by atoms with E-state index in [0.717, 1.165) is 0 Å². The lowest BCUT2D eigenvalue weighted by Gasteiger charge is -2.17. The van der Waals surface area contributed by atoms with E-state index in [1.165, 1.54) is 13.4 Å². The van der Waals surface area contributed by atoms with Gasteiger partial charge in [0.2, 0.25) is 5.88 Å². The summed E-state index contributed by atoms with van der Waals surface area (Å²) in [6, 6.07) is 0. The van der Waals surface area contributed by atoms with E-state index in [-0.39, 0.29) is 31.1 Å². The summed E-state index contributed by atoms with van der Waals surface area (Å²) in [5, 5.41) is 9.20. The van der Waals surface area contributed by atoms with Crippen LogP contribution in [0.5, 0.6) is 5.88 Å². The minimum absolute atomic E-state index is 0.0313. The zero-order valence-electron chi connectivity index (χ0n) is 10.1. The third-order valence-electron chi connectivity index (χ3n) is 3.50. The summed E-state index contributed by atoms with van der Waals surface area (Å²) in [5.41, 5.74) is 1.21. The molecule has 19 heavy (non-hydrogen) atoms. The monoisotopic (exact) mass is 264 g/mol. The Kier molecular flexibility index (Phi) is 2.25. The first kappa shape index (κ1) is 11.1. The predicted octanol–water partition coefficient (Wildman–Crippen LogP) is -0.508. The van der Waals surface area contributed by atoms with Gasteiger partial charge in [-0.3, -0.25) is 4.57 Å². The van der Waals surface area contributed by atoms with Crippen LogP contribution >= 0.6 is 0 Å². The van der Waals surface area contributed by atoms with Crippen LogP contribution in [0.15, 0.2) is 12.7 Å². The molecule has 0 bridgehead atoms. The number of hydrogen-bond acceptors (Lipinski definition) is 7. The van der Waals surface area contributed by atoms with E-state index in [0.29, 0.717) is 17.0 Å². The van der Waals surface area contributed by atoms with Crippen LogP contribution < -0.4 is 4.74 Å². The van der Waals surface area contributed by atoms with Crippen LogP contribution in [-0.4, -0.2) is 56.7 Å². The van der Waals surface area contributed by atoms with Gasteiger partial charge in [0.15, 0.2) is 17.4 Å². The number of ether oxygens (including phenoxy) is 3. The van der Waals surface area contributed by atoms with Crippen LogP contribution in [0.4, 0.5) is 0 Å². The number of aliphatic hydroxyl groups is 1. The van der Waals surface area contributed by atoms with E-state index in [9.17, 15) is 5.11 Å². The molecule has 0 radical (unpaired) electrons. The molecular weight excluding hydrogens is 252 g/mol. The fourth-order valence-corrected chi connectivity index (χ4v) is 2.54. The van der Waals surface area contributed by atoms with Gasteiger partial charge in [-0.15, -0.1) is 0 Å². The lowest BCUT2D eigenvalue weighted by Crippen LogP contribution is -2.22. The van der Waals surface area contributed by atoms with Crippen molar-refractivity contribution in [1.82, 2.24) is 19.5 Å². The van der Waals surface area contributed by atoms with E-state index >= 15 is 0 Å². The molecule has 2 fully saturated rings. The molecule has 8 heteroatoms. The van der Waals surface area contributed by atoms with Crippen molar-refractivity contribution in [3.8, 4) is 5.88 Å². The minimum atomic E-state index is -0.313. The summed E-state index contributed by atoms with van der Waals surface area (Å²) in [6.45, 7) is -0.0530. The molecule has 2 aliphatic rings. The lowest BCUT2D eigenvalue weighted by atomic mass is 10.2. The second-order valence-electron chi connectivity index (χ2n) is 4.52. The van der Waals surface area contributed by atoms with Crippen LogP contribution in [0.3, 0.4) is 0 Å². The maximum Gasteiger partial charge on any atom is 0.245 e. The zero-order valence-corrected chi connectivity index (χ0v) is 10.1. The van der Waals surface area contributed by atoms with Gasteiger partial charge in [0, 0.05) is 0 Å². The topological polar surface area (TPSA) is 94.8 Å². The van der Waals surface area contributed by atoms with Crippen LogP contribution in [0, 0.1) is 0 Å². The second-order valence-corrected chi connectivity index (χ2v) is 4.52. The first-order chi connectivity index (χ1) is 9.33.